The van der Waals surface area contributed by atoms with Gasteiger partial charge in [-0.3, -0.25) is 14.4 Å². The summed E-state index contributed by atoms with van der Waals surface area (Å²) in [6.45, 7) is 16.5. The van der Waals surface area contributed by atoms with E-state index < -0.39 is 5.97 Å². The number of hydrogen-bond acceptors (Lipinski definition) is 5. The quantitative estimate of drug-likeness (QED) is 0.204. The van der Waals surface area contributed by atoms with Crippen LogP contribution in [0.1, 0.15) is 131 Å². The first-order chi connectivity index (χ1) is 22.8. The van der Waals surface area contributed by atoms with Crippen LogP contribution in [0.2, 0.25) is 0 Å². The first-order valence-electron chi connectivity index (χ1n) is 20.1. The Bertz CT molecular complexity index is 1290. The Balaban J connectivity index is 0.00000197. The standard InChI is InChI=1S/C41H63NO4.CH5N/c1-23(2)36-34(44)21-41(17-18-42-22-26-7-8-26)16-13-32-28(37(36)41)9-10-35-39(5)14-11-27(24(3)31(39)12-15-40(32,35)6)19-33(43)29-20-30(25(29)4)38(45)46;1-2/h23-32,35,42H,7-22H2,1-6H3,(H,45,46);2H2,1H3. The first kappa shape index (κ1) is 36.3. The second-order valence-electron chi connectivity index (χ2n) is 18.8. The molecule has 0 aromatic carbocycles. The normalized spacial score (nSPS) is 44.9. The molecule has 0 bridgehead atoms. The summed E-state index contributed by atoms with van der Waals surface area (Å²) >= 11 is 0. The number of nitrogens with two attached hydrogens (primary N) is 1. The van der Waals surface area contributed by atoms with Crippen LogP contribution < -0.4 is 11.1 Å². The van der Waals surface area contributed by atoms with Gasteiger partial charge in [0.05, 0.1) is 5.92 Å². The number of Topliss-reactive ketones (excluding diaryl/α,β-unsaturated/α-hetero) is 2. The smallest absolute Gasteiger partial charge is 0.306 e. The van der Waals surface area contributed by atoms with Gasteiger partial charge in [-0.15, -0.1) is 0 Å². The van der Waals surface area contributed by atoms with Crippen molar-refractivity contribution in [1.29, 1.82) is 0 Å². The predicted molar refractivity (Wildman–Crippen MR) is 192 cm³/mol. The van der Waals surface area contributed by atoms with Crippen molar-refractivity contribution in [3.8, 4) is 0 Å². The second kappa shape index (κ2) is 13.5. The van der Waals surface area contributed by atoms with Crippen LogP contribution >= 0.6 is 0 Å². The van der Waals surface area contributed by atoms with Crippen molar-refractivity contribution in [2.24, 2.45) is 87.1 Å². The molecule has 12 atom stereocenters. The van der Waals surface area contributed by atoms with Crippen molar-refractivity contribution in [3.05, 3.63) is 11.1 Å². The number of rotatable bonds is 10. The van der Waals surface area contributed by atoms with Crippen molar-refractivity contribution in [2.75, 3.05) is 20.1 Å². The minimum atomic E-state index is -0.737. The number of allylic oxidation sites excluding steroid dienone is 2. The van der Waals surface area contributed by atoms with Crippen LogP contribution in [-0.4, -0.2) is 42.8 Å². The number of aliphatic carboxylic acids is 1. The van der Waals surface area contributed by atoms with E-state index in [9.17, 15) is 19.5 Å². The maximum atomic E-state index is 13.8. The highest BCUT2D eigenvalue weighted by molar-refractivity contribution is 6.00. The molecule has 0 spiro atoms. The van der Waals surface area contributed by atoms with Crippen molar-refractivity contribution in [2.45, 2.75) is 131 Å². The molecule has 7 aliphatic carbocycles. The molecule has 7 rings (SSSR count). The summed E-state index contributed by atoms with van der Waals surface area (Å²) in [6, 6.07) is 0. The fourth-order valence-electron chi connectivity index (χ4n) is 13.6. The number of carboxylic acid groups (broad SMARTS) is 1. The van der Waals surface area contributed by atoms with Gasteiger partial charge in [-0.1, -0.05) is 47.1 Å². The van der Waals surface area contributed by atoms with E-state index in [0.717, 1.165) is 44.2 Å². The maximum Gasteiger partial charge on any atom is 0.306 e. The Kier molecular flexibility index (Phi) is 10.2. The highest BCUT2D eigenvalue weighted by Gasteiger charge is 2.64. The molecule has 0 heterocycles. The van der Waals surface area contributed by atoms with Crippen LogP contribution in [0.15, 0.2) is 11.1 Å². The minimum Gasteiger partial charge on any atom is -0.481 e. The number of hydrogen-bond donors (Lipinski definition) is 3. The van der Waals surface area contributed by atoms with Crippen LogP contribution in [0.25, 0.3) is 0 Å². The molecule has 0 radical (unpaired) electrons. The molecule has 270 valence electrons. The molecule has 6 fully saturated rings. The fourth-order valence-corrected chi connectivity index (χ4v) is 13.6. The van der Waals surface area contributed by atoms with Gasteiger partial charge in [-0.25, -0.2) is 0 Å². The van der Waals surface area contributed by atoms with E-state index in [1.54, 1.807) is 5.57 Å². The Hall–Kier alpha value is -1.53. The molecular weight excluding hydrogens is 596 g/mol. The number of fused-ring (bicyclic) bond motifs is 7. The van der Waals surface area contributed by atoms with E-state index in [-0.39, 0.29) is 23.2 Å². The highest BCUT2D eigenvalue weighted by Crippen LogP contribution is 2.72. The van der Waals surface area contributed by atoms with E-state index in [1.165, 1.54) is 70.4 Å². The second-order valence-corrected chi connectivity index (χ2v) is 18.8. The van der Waals surface area contributed by atoms with Gasteiger partial charge in [-0.05, 0) is 167 Å². The summed E-state index contributed by atoms with van der Waals surface area (Å²) in [5.41, 5.74) is 8.10. The van der Waals surface area contributed by atoms with Crippen molar-refractivity contribution in [3.63, 3.8) is 0 Å². The Morgan fingerprint density at radius 1 is 0.896 bits per heavy atom. The van der Waals surface area contributed by atoms with Crippen LogP contribution in [0.4, 0.5) is 0 Å². The van der Waals surface area contributed by atoms with Gasteiger partial charge in [0, 0.05) is 24.2 Å². The Morgan fingerprint density at radius 2 is 1.56 bits per heavy atom. The third-order valence-electron chi connectivity index (χ3n) is 16.4. The fraction of sp³-hybridized carbons (Fsp3) is 0.881. The first-order valence-corrected chi connectivity index (χ1v) is 20.1. The largest absolute Gasteiger partial charge is 0.481 e. The predicted octanol–water partition coefficient (Wildman–Crippen LogP) is 8.08. The van der Waals surface area contributed by atoms with Crippen LogP contribution in [0, 0.1) is 81.3 Å². The summed E-state index contributed by atoms with van der Waals surface area (Å²) in [5.74, 6) is 4.49. The average molecular weight is 665 g/mol. The molecule has 12 unspecified atom stereocenters. The third-order valence-corrected chi connectivity index (χ3v) is 16.4. The lowest BCUT2D eigenvalue weighted by Crippen LogP contribution is -2.60. The highest BCUT2D eigenvalue weighted by atomic mass is 16.4. The molecule has 0 aromatic rings. The summed E-state index contributed by atoms with van der Waals surface area (Å²) < 4.78 is 0. The van der Waals surface area contributed by atoms with Crippen LogP contribution in [0.5, 0.6) is 0 Å². The molecular formula is C42H68N2O4. The van der Waals surface area contributed by atoms with E-state index in [4.69, 9.17) is 0 Å². The van der Waals surface area contributed by atoms with E-state index >= 15 is 0 Å². The lowest BCUT2D eigenvalue weighted by atomic mass is 9.37. The molecule has 6 nitrogen and oxygen atoms in total. The average Bonchev–Trinajstić information content (AvgIpc) is 3.81. The van der Waals surface area contributed by atoms with E-state index in [0.29, 0.717) is 70.7 Å². The van der Waals surface area contributed by atoms with Gasteiger partial charge in [0.25, 0.3) is 0 Å². The lowest BCUT2D eigenvalue weighted by molar-refractivity contribution is -0.172. The Labute approximate surface area is 291 Å². The SMILES string of the molecule is CC(C)C1=C2C3CCC4C(C)(CCC5C(C)C(CC(=O)C6CC(C(=O)O)C6C)CCC54C)C3CCC2(CCNCC2CC2)CC1=O.CN. The summed E-state index contributed by atoms with van der Waals surface area (Å²) in [6.07, 6.45) is 15.8. The zero-order valence-electron chi connectivity index (χ0n) is 31.4. The van der Waals surface area contributed by atoms with E-state index in [1.807, 2.05) is 6.92 Å². The van der Waals surface area contributed by atoms with Gasteiger partial charge in [0.15, 0.2) is 5.78 Å². The lowest BCUT2D eigenvalue weighted by Gasteiger charge is -2.67. The molecule has 6 heteroatoms. The molecule has 48 heavy (non-hydrogen) atoms. The van der Waals surface area contributed by atoms with Crippen LogP contribution in [-0.2, 0) is 14.4 Å². The molecule has 0 amide bonds. The van der Waals surface area contributed by atoms with Crippen molar-refractivity contribution in [1.82, 2.24) is 5.32 Å². The zero-order valence-corrected chi connectivity index (χ0v) is 31.4. The van der Waals surface area contributed by atoms with Gasteiger partial charge in [-0.2, -0.15) is 0 Å². The van der Waals surface area contributed by atoms with Crippen LogP contribution in [0.3, 0.4) is 0 Å². The Morgan fingerprint density at radius 3 is 2.21 bits per heavy atom. The monoisotopic (exact) mass is 665 g/mol. The van der Waals surface area contributed by atoms with Gasteiger partial charge in [0.1, 0.15) is 5.78 Å². The molecule has 0 aromatic heterocycles. The molecule has 0 aliphatic heterocycles. The molecule has 0 saturated heterocycles. The summed E-state index contributed by atoms with van der Waals surface area (Å²) in [4.78, 5) is 38.7. The summed E-state index contributed by atoms with van der Waals surface area (Å²) in [7, 11) is 1.50. The third kappa shape index (κ3) is 5.89. The van der Waals surface area contributed by atoms with Gasteiger partial charge >= 0.3 is 5.97 Å². The number of carboxylic acids is 1. The summed E-state index contributed by atoms with van der Waals surface area (Å²) in [5, 5.41) is 13.2. The van der Waals surface area contributed by atoms with Gasteiger partial charge < -0.3 is 16.2 Å². The maximum absolute atomic E-state index is 13.8. The van der Waals surface area contributed by atoms with E-state index in [2.05, 4.69) is 45.7 Å². The zero-order chi connectivity index (χ0) is 34.8. The molecule has 7 aliphatic rings. The van der Waals surface area contributed by atoms with Gasteiger partial charge in [0.2, 0.25) is 0 Å². The number of carbonyl (C=O) groups excluding carboxylic acids is 2. The van der Waals surface area contributed by atoms with Crippen molar-refractivity contribution >= 4 is 17.5 Å². The molecule has 6 saturated carbocycles. The minimum absolute atomic E-state index is 0.0190. The number of carbonyl (C=O) groups is 3. The molecule has 4 N–H and O–H groups in total. The van der Waals surface area contributed by atoms with Crippen molar-refractivity contribution < 1.29 is 19.5 Å². The number of nitrogens with one attached hydrogen (secondary N) is 1. The number of ketones is 2. The topological polar surface area (TPSA) is 109 Å².